The lowest BCUT2D eigenvalue weighted by Gasteiger charge is -2.28. The number of aliphatic hydroxyl groups excluding tert-OH is 1. The number of anilines is 1. The van der Waals surface area contributed by atoms with Crippen LogP contribution in [0.2, 0.25) is 0 Å². The van der Waals surface area contributed by atoms with E-state index in [9.17, 15) is 23.5 Å². The number of likely N-dealkylation sites (N-methyl/N-ethyl adjacent to an activating group) is 1. The Morgan fingerprint density at radius 3 is 2.72 bits per heavy atom. The second kappa shape index (κ2) is 10.4. The summed E-state index contributed by atoms with van der Waals surface area (Å²) in [4.78, 5) is 27.2. The molecule has 1 aliphatic rings. The van der Waals surface area contributed by atoms with Gasteiger partial charge in [-0.25, -0.2) is 8.78 Å². The summed E-state index contributed by atoms with van der Waals surface area (Å²) in [5.74, 6) is -1.19. The van der Waals surface area contributed by atoms with Gasteiger partial charge in [0.2, 0.25) is 5.91 Å². The number of allylic oxidation sites excluding steroid dienone is 1. The Labute approximate surface area is 185 Å². The minimum Gasteiger partial charge on any atom is -0.491 e. The molecule has 0 saturated carbocycles. The number of hydrogen-bond donors (Lipinski definition) is 2. The van der Waals surface area contributed by atoms with Gasteiger partial charge in [0.05, 0.1) is 6.61 Å². The SMILES string of the molecule is CNC(=O)/C(=C(\C=O)c1cccc(OCCF)c1)C1c2cc(F)ccc2N(CCO)C1C. The van der Waals surface area contributed by atoms with E-state index in [1.807, 2.05) is 11.8 Å². The summed E-state index contributed by atoms with van der Waals surface area (Å²) in [5.41, 5.74) is 2.01. The number of fused-ring (bicyclic) bond motifs is 1. The van der Waals surface area contributed by atoms with Gasteiger partial charge in [-0.3, -0.25) is 9.59 Å². The zero-order chi connectivity index (χ0) is 23.3. The molecule has 2 unspecified atom stereocenters. The number of aliphatic hydroxyl groups is 1. The maximum atomic E-state index is 14.2. The normalized spacial score (nSPS) is 18.1. The summed E-state index contributed by atoms with van der Waals surface area (Å²) in [6.07, 6.45) is 0.596. The molecule has 8 heteroatoms. The highest BCUT2D eigenvalue weighted by atomic mass is 19.1. The maximum Gasteiger partial charge on any atom is 0.248 e. The van der Waals surface area contributed by atoms with Crippen LogP contribution in [-0.4, -0.2) is 56.8 Å². The Bertz CT molecular complexity index is 1020. The van der Waals surface area contributed by atoms with Crippen molar-refractivity contribution in [1.29, 1.82) is 0 Å². The standard InChI is InChI=1S/C24H26F2N2O4/c1-15-22(19-13-17(26)6-7-21(19)28(15)9-10-29)23(24(31)27-2)20(14-30)16-4-3-5-18(12-16)32-11-8-25/h3-7,12-15,22,29H,8-11H2,1-2H3,(H,27,31)/b23-20+. The first-order valence-electron chi connectivity index (χ1n) is 10.3. The van der Waals surface area contributed by atoms with Crippen molar-refractivity contribution in [2.75, 3.05) is 38.4 Å². The maximum absolute atomic E-state index is 14.2. The average Bonchev–Trinajstić information content (AvgIpc) is 3.06. The third kappa shape index (κ3) is 4.50. The number of β-amino-alcohol motifs (C(OH)–C–C–N with tert-alkyl or cyclic N) is 1. The first-order valence-corrected chi connectivity index (χ1v) is 10.3. The number of amides is 1. The molecule has 0 spiro atoms. The Morgan fingerprint density at radius 1 is 1.28 bits per heavy atom. The summed E-state index contributed by atoms with van der Waals surface area (Å²) in [6, 6.07) is 10.5. The van der Waals surface area contributed by atoms with Gasteiger partial charge in [-0.1, -0.05) is 12.1 Å². The van der Waals surface area contributed by atoms with Gasteiger partial charge in [-0.2, -0.15) is 0 Å². The molecule has 0 radical (unpaired) electrons. The van der Waals surface area contributed by atoms with E-state index in [-0.39, 0.29) is 30.4 Å². The van der Waals surface area contributed by atoms with Gasteiger partial charge in [0.15, 0.2) is 6.29 Å². The van der Waals surface area contributed by atoms with Crippen LogP contribution in [0.3, 0.4) is 0 Å². The molecule has 1 heterocycles. The number of carbonyl (C=O) groups is 2. The van der Waals surface area contributed by atoms with E-state index in [0.717, 1.165) is 0 Å². The average molecular weight is 444 g/mol. The van der Waals surface area contributed by atoms with Crippen LogP contribution in [0.5, 0.6) is 5.75 Å². The van der Waals surface area contributed by atoms with E-state index in [1.54, 1.807) is 30.3 Å². The van der Waals surface area contributed by atoms with E-state index in [1.165, 1.54) is 19.2 Å². The lowest BCUT2D eigenvalue weighted by molar-refractivity contribution is -0.117. The molecule has 0 bridgehead atoms. The third-order valence-electron chi connectivity index (χ3n) is 5.63. The fourth-order valence-electron chi connectivity index (χ4n) is 4.29. The number of aldehydes is 1. The van der Waals surface area contributed by atoms with E-state index in [2.05, 4.69) is 5.32 Å². The zero-order valence-electron chi connectivity index (χ0n) is 18.0. The number of nitrogens with one attached hydrogen (secondary N) is 1. The predicted octanol–water partition coefficient (Wildman–Crippen LogP) is 2.86. The summed E-state index contributed by atoms with van der Waals surface area (Å²) >= 11 is 0. The highest BCUT2D eigenvalue weighted by molar-refractivity contribution is 6.18. The highest BCUT2D eigenvalue weighted by Gasteiger charge is 2.41. The van der Waals surface area contributed by atoms with E-state index in [0.29, 0.717) is 35.4 Å². The molecule has 32 heavy (non-hydrogen) atoms. The van der Waals surface area contributed by atoms with Crippen molar-refractivity contribution in [2.45, 2.75) is 18.9 Å². The van der Waals surface area contributed by atoms with Crippen LogP contribution in [0.25, 0.3) is 5.57 Å². The summed E-state index contributed by atoms with van der Waals surface area (Å²) in [6.45, 7) is 1.24. The molecule has 2 atom stereocenters. The molecule has 0 saturated heterocycles. The van der Waals surface area contributed by atoms with Crippen LogP contribution in [0.4, 0.5) is 14.5 Å². The van der Waals surface area contributed by atoms with Crippen LogP contribution >= 0.6 is 0 Å². The smallest absolute Gasteiger partial charge is 0.248 e. The Hall–Kier alpha value is -3.26. The number of halogens is 2. The minimum atomic E-state index is -0.660. The monoisotopic (exact) mass is 444 g/mol. The quantitative estimate of drug-likeness (QED) is 0.459. The largest absolute Gasteiger partial charge is 0.491 e. The summed E-state index contributed by atoms with van der Waals surface area (Å²) in [7, 11) is 1.46. The van der Waals surface area contributed by atoms with Crippen molar-refractivity contribution in [3.05, 3.63) is 65.0 Å². The van der Waals surface area contributed by atoms with Crippen LogP contribution in [0.1, 0.15) is 24.0 Å². The molecule has 0 fully saturated rings. The number of rotatable bonds is 9. The van der Waals surface area contributed by atoms with Crippen molar-refractivity contribution in [3.8, 4) is 5.75 Å². The second-order valence-electron chi connectivity index (χ2n) is 7.43. The Kier molecular flexibility index (Phi) is 7.58. The molecular formula is C24H26F2N2O4. The lowest BCUT2D eigenvalue weighted by atomic mass is 9.83. The van der Waals surface area contributed by atoms with Gasteiger partial charge in [-0.05, 0) is 48.4 Å². The molecule has 3 rings (SSSR count). The number of ether oxygens (including phenoxy) is 1. The molecule has 0 aromatic heterocycles. The molecule has 6 nitrogen and oxygen atoms in total. The van der Waals surface area contributed by atoms with Crippen LogP contribution in [0.15, 0.2) is 48.0 Å². The Balaban J connectivity index is 2.21. The Morgan fingerprint density at radius 2 is 2.06 bits per heavy atom. The topological polar surface area (TPSA) is 78.9 Å². The molecule has 2 N–H and O–H groups in total. The van der Waals surface area contributed by atoms with Gasteiger partial charge in [0, 0.05) is 42.4 Å². The van der Waals surface area contributed by atoms with Gasteiger partial charge in [0.1, 0.15) is 24.8 Å². The minimum absolute atomic E-state index is 0.124. The van der Waals surface area contributed by atoms with Gasteiger partial charge in [-0.15, -0.1) is 0 Å². The van der Waals surface area contributed by atoms with Gasteiger partial charge >= 0.3 is 0 Å². The first kappa shape index (κ1) is 23.4. The summed E-state index contributed by atoms with van der Waals surface area (Å²) < 4.78 is 32.0. The highest BCUT2D eigenvalue weighted by Crippen LogP contribution is 2.46. The van der Waals surface area contributed by atoms with Crippen molar-refractivity contribution >= 4 is 23.5 Å². The first-order chi connectivity index (χ1) is 15.5. The fourth-order valence-corrected chi connectivity index (χ4v) is 4.29. The van der Waals surface area contributed by atoms with Crippen LogP contribution < -0.4 is 15.0 Å². The zero-order valence-corrected chi connectivity index (χ0v) is 18.0. The number of carbonyl (C=O) groups excluding carboxylic acids is 2. The third-order valence-corrected chi connectivity index (χ3v) is 5.63. The summed E-state index contributed by atoms with van der Waals surface area (Å²) in [5, 5.41) is 12.1. The van der Waals surface area contributed by atoms with Gasteiger partial charge < -0.3 is 20.1 Å². The van der Waals surface area contributed by atoms with E-state index < -0.39 is 24.3 Å². The van der Waals surface area contributed by atoms with Crippen molar-refractivity contribution in [2.24, 2.45) is 0 Å². The number of hydrogen-bond acceptors (Lipinski definition) is 5. The molecule has 170 valence electrons. The number of alkyl halides is 1. The number of nitrogens with zero attached hydrogens (tertiary/aromatic N) is 1. The van der Waals surface area contributed by atoms with Crippen LogP contribution in [0, 0.1) is 5.82 Å². The molecule has 0 aliphatic carbocycles. The van der Waals surface area contributed by atoms with Crippen LogP contribution in [-0.2, 0) is 9.59 Å². The molecule has 2 aromatic carbocycles. The number of benzene rings is 2. The lowest BCUT2D eigenvalue weighted by Crippen LogP contribution is -2.37. The fraction of sp³-hybridized carbons (Fsp3) is 0.333. The van der Waals surface area contributed by atoms with E-state index in [4.69, 9.17) is 4.74 Å². The van der Waals surface area contributed by atoms with Gasteiger partial charge in [0.25, 0.3) is 0 Å². The van der Waals surface area contributed by atoms with E-state index >= 15 is 0 Å². The van der Waals surface area contributed by atoms with Crippen molar-refractivity contribution in [3.63, 3.8) is 0 Å². The molecule has 1 amide bonds. The molecule has 2 aromatic rings. The van der Waals surface area contributed by atoms with Crippen molar-refractivity contribution < 1.29 is 28.2 Å². The predicted molar refractivity (Wildman–Crippen MR) is 118 cm³/mol. The molecular weight excluding hydrogens is 418 g/mol. The second-order valence-corrected chi connectivity index (χ2v) is 7.43. The van der Waals surface area contributed by atoms with Crippen molar-refractivity contribution in [1.82, 2.24) is 5.32 Å². The molecule has 1 aliphatic heterocycles.